The molecule has 1 N–H and O–H groups in total. The van der Waals surface area contributed by atoms with Crippen LogP contribution < -0.4 is 5.32 Å². The molecule has 172 valence electrons. The lowest BCUT2D eigenvalue weighted by Crippen LogP contribution is -2.48. The molecule has 0 aromatic heterocycles. The Morgan fingerprint density at radius 3 is 1.45 bits per heavy atom. The molecule has 0 spiro atoms. The fourth-order valence-electron chi connectivity index (χ4n) is 5.34. The van der Waals surface area contributed by atoms with Crippen LogP contribution in [-0.4, -0.2) is 11.4 Å². The molecule has 0 atom stereocenters. The predicted octanol–water partition coefficient (Wildman–Crippen LogP) is 8.15. The second kappa shape index (κ2) is 10.2. The van der Waals surface area contributed by atoms with E-state index in [-0.39, 0.29) is 11.4 Å². The van der Waals surface area contributed by atoms with Gasteiger partial charge < -0.3 is 5.32 Å². The standard InChI is InChI=1S/C14H27NO.C13H26/c1-6-13(3,4)12-7-9-14(5,10-8-12)15-11(2)16;1-6-13(4,5)11-7-9-12(2,3)10-8-11/h12H,6-10H2,1-5H3,(H,15,16);11H,6-10H2,1-5H3. The number of rotatable bonds is 5. The summed E-state index contributed by atoms with van der Waals surface area (Å²) in [4.78, 5) is 11.1. The molecule has 2 heteroatoms. The van der Waals surface area contributed by atoms with Crippen molar-refractivity contribution in [2.24, 2.45) is 28.1 Å². The van der Waals surface area contributed by atoms with Gasteiger partial charge in [-0.3, -0.25) is 4.79 Å². The van der Waals surface area contributed by atoms with Gasteiger partial charge in [-0.2, -0.15) is 0 Å². The summed E-state index contributed by atoms with van der Waals surface area (Å²) in [6, 6.07) is 0. The van der Waals surface area contributed by atoms with Crippen LogP contribution in [0.2, 0.25) is 0 Å². The van der Waals surface area contributed by atoms with E-state index in [0.717, 1.165) is 24.7 Å². The summed E-state index contributed by atoms with van der Waals surface area (Å²) in [6.07, 6.45) is 13.1. The normalized spacial score (nSPS) is 28.3. The number of hydrogen-bond donors (Lipinski definition) is 1. The zero-order chi connectivity index (χ0) is 22.5. The van der Waals surface area contributed by atoms with Gasteiger partial charge in [-0.1, -0.05) is 68.2 Å². The topological polar surface area (TPSA) is 29.1 Å². The van der Waals surface area contributed by atoms with Crippen LogP contribution in [0.25, 0.3) is 0 Å². The molecule has 1 amide bonds. The molecule has 0 radical (unpaired) electrons. The van der Waals surface area contributed by atoms with Gasteiger partial charge in [0.2, 0.25) is 5.91 Å². The zero-order valence-corrected chi connectivity index (χ0v) is 21.6. The maximum absolute atomic E-state index is 11.1. The Hall–Kier alpha value is -0.530. The fraction of sp³-hybridized carbons (Fsp3) is 0.963. The lowest BCUT2D eigenvalue weighted by molar-refractivity contribution is -0.121. The third-order valence-corrected chi connectivity index (χ3v) is 8.94. The van der Waals surface area contributed by atoms with Crippen molar-refractivity contribution in [3.8, 4) is 0 Å². The van der Waals surface area contributed by atoms with E-state index in [1.165, 1.54) is 51.4 Å². The maximum atomic E-state index is 11.1. The quantitative estimate of drug-likeness (QED) is 0.489. The summed E-state index contributed by atoms with van der Waals surface area (Å²) in [5.74, 6) is 1.90. The highest BCUT2D eigenvalue weighted by Crippen LogP contribution is 2.46. The fourth-order valence-corrected chi connectivity index (χ4v) is 5.34. The van der Waals surface area contributed by atoms with E-state index in [4.69, 9.17) is 0 Å². The molecule has 0 aliphatic heterocycles. The van der Waals surface area contributed by atoms with Gasteiger partial charge in [0, 0.05) is 12.5 Å². The molecule has 2 aliphatic rings. The molecular formula is C27H53NO. The van der Waals surface area contributed by atoms with Crippen molar-refractivity contribution in [3.63, 3.8) is 0 Å². The summed E-state index contributed by atoms with van der Waals surface area (Å²) in [5.41, 5.74) is 1.71. The monoisotopic (exact) mass is 407 g/mol. The first kappa shape index (κ1) is 26.5. The first-order chi connectivity index (χ1) is 13.2. The van der Waals surface area contributed by atoms with E-state index in [0.29, 0.717) is 16.2 Å². The maximum Gasteiger partial charge on any atom is 0.217 e. The number of carbonyl (C=O) groups is 1. The van der Waals surface area contributed by atoms with Gasteiger partial charge in [0.05, 0.1) is 0 Å². The predicted molar refractivity (Wildman–Crippen MR) is 128 cm³/mol. The Bertz CT molecular complexity index is 499. The van der Waals surface area contributed by atoms with Crippen LogP contribution in [-0.2, 0) is 4.79 Å². The largest absolute Gasteiger partial charge is 0.351 e. The van der Waals surface area contributed by atoms with Crippen molar-refractivity contribution in [1.29, 1.82) is 0 Å². The first-order valence-corrected chi connectivity index (χ1v) is 12.5. The molecule has 0 saturated heterocycles. The van der Waals surface area contributed by atoms with Crippen LogP contribution in [0.1, 0.15) is 133 Å². The molecule has 0 aromatic carbocycles. The second-order valence-electron chi connectivity index (χ2n) is 12.6. The van der Waals surface area contributed by atoms with E-state index < -0.39 is 0 Å². The summed E-state index contributed by atoms with van der Waals surface area (Å²) in [6.45, 7) is 22.9. The minimum atomic E-state index is 0.0478. The smallest absolute Gasteiger partial charge is 0.217 e. The second-order valence-corrected chi connectivity index (χ2v) is 12.6. The van der Waals surface area contributed by atoms with Gasteiger partial charge in [-0.25, -0.2) is 0 Å². The van der Waals surface area contributed by atoms with Crippen molar-refractivity contribution < 1.29 is 4.79 Å². The lowest BCUT2D eigenvalue weighted by atomic mass is 9.64. The van der Waals surface area contributed by atoms with Gasteiger partial charge in [0.15, 0.2) is 0 Å². The molecule has 2 fully saturated rings. The Kier molecular flexibility index (Phi) is 9.31. The molecular weight excluding hydrogens is 354 g/mol. The minimum Gasteiger partial charge on any atom is -0.351 e. The number of nitrogens with one attached hydrogen (secondary N) is 1. The van der Waals surface area contributed by atoms with Crippen molar-refractivity contribution in [1.82, 2.24) is 5.32 Å². The van der Waals surface area contributed by atoms with E-state index in [2.05, 4.69) is 67.6 Å². The van der Waals surface area contributed by atoms with Crippen LogP contribution in [0.4, 0.5) is 0 Å². The van der Waals surface area contributed by atoms with Gasteiger partial charge in [0.1, 0.15) is 0 Å². The lowest BCUT2D eigenvalue weighted by Gasteiger charge is -2.43. The zero-order valence-electron chi connectivity index (χ0n) is 21.6. The third-order valence-electron chi connectivity index (χ3n) is 8.94. The third kappa shape index (κ3) is 8.25. The van der Waals surface area contributed by atoms with E-state index in [1.807, 2.05) is 0 Å². The Balaban J connectivity index is 0.000000296. The molecule has 0 unspecified atom stereocenters. The molecule has 0 aromatic rings. The highest BCUT2D eigenvalue weighted by Gasteiger charge is 2.37. The molecule has 0 bridgehead atoms. The SMILES string of the molecule is CCC(C)(C)C1CCC(C)(C)CC1.CCC(C)(C)C1CCC(C)(NC(C)=O)CC1. The van der Waals surface area contributed by atoms with Crippen LogP contribution >= 0.6 is 0 Å². The molecule has 2 nitrogen and oxygen atoms in total. The Morgan fingerprint density at radius 2 is 1.14 bits per heavy atom. The van der Waals surface area contributed by atoms with Crippen LogP contribution in [0, 0.1) is 28.1 Å². The molecule has 2 rings (SSSR count). The van der Waals surface area contributed by atoms with Gasteiger partial charge >= 0.3 is 0 Å². The highest BCUT2D eigenvalue weighted by atomic mass is 16.1. The first-order valence-electron chi connectivity index (χ1n) is 12.5. The van der Waals surface area contributed by atoms with Crippen LogP contribution in [0.5, 0.6) is 0 Å². The Labute approximate surface area is 183 Å². The van der Waals surface area contributed by atoms with Crippen LogP contribution in [0.3, 0.4) is 0 Å². The van der Waals surface area contributed by atoms with Crippen molar-refractivity contribution in [3.05, 3.63) is 0 Å². The number of hydrogen-bond acceptors (Lipinski definition) is 1. The number of amides is 1. The van der Waals surface area contributed by atoms with Crippen molar-refractivity contribution >= 4 is 5.91 Å². The average molecular weight is 408 g/mol. The van der Waals surface area contributed by atoms with Gasteiger partial charge in [-0.15, -0.1) is 0 Å². The molecule has 2 saturated carbocycles. The van der Waals surface area contributed by atoms with Gasteiger partial charge in [0.25, 0.3) is 0 Å². The van der Waals surface area contributed by atoms with Crippen LogP contribution in [0.15, 0.2) is 0 Å². The van der Waals surface area contributed by atoms with E-state index in [9.17, 15) is 4.79 Å². The minimum absolute atomic E-state index is 0.0478. The van der Waals surface area contributed by atoms with Crippen molar-refractivity contribution in [2.75, 3.05) is 0 Å². The van der Waals surface area contributed by atoms with E-state index in [1.54, 1.807) is 6.92 Å². The Morgan fingerprint density at radius 1 is 0.793 bits per heavy atom. The summed E-state index contributed by atoms with van der Waals surface area (Å²) in [7, 11) is 0. The summed E-state index contributed by atoms with van der Waals surface area (Å²) >= 11 is 0. The molecule has 2 aliphatic carbocycles. The highest BCUT2D eigenvalue weighted by molar-refractivity contribution is 5.73. The molecule has 29 heavy (non-hydrogen) atoms. The van der Waals surface area contributed by atoms with Crippen molar-refractivity contribution in [2.45, 2.75) is 139 Å². The average Bonchev–Trinajstić information content (AvgIpc) is 2.61. The summed E-state index contributed by atoms with van der Waals surface area (Å²) < 4.78 is 0. The van der Waals surface area contributed by atoms with Gasteiger partial charge in [-0.05, 0) is 86.4 Å². The number of carbonyl (C=O) groups excluding carboxylic acids is 1. The van der Waals surface area contributed by atoms with E-state index >= 15 is 0 Å². The molecule has 0 heterocycles. The summed E-state index contributed by atoms with van der Waals surface area (Å²) in [5, 5.41) is 3.11.